The van der Waals surface area contributed by atoms with Gasteiger partial charge in [-0.25, -0.2) is 9.18 Å². The zero-order valence-corrected chi connectivity index (χ0v) is 19.0. The number of aryl methyl sites for hydroxylation is 1. The van der Waals surface area contributed by atoms with Crippen molar-refractivity contribution in [2.45, 2.75) is 43.9 Å². The fraction of sp³-hybridized carbons (Fsp3) is 0.391. The Morgan fingerprint density at radius 1 is 1.21 bits per heavy atom. The lowest BCUT2D eigenvalue weighted by Gasteiger charge is -2.23. The molecule has 0 saturated carbocycles. The summed E-state index contributed by atoms with van der Waals surface area (Å²) in [7, 11) is 0. The number of ether oxygens (including phenoxy) is 2. The number of carboxylic acids is 1. The Labute approximate surface area is 193 Å². The van der Waals surface area contributed by atoms with Gasteiger partial charge < -0.3 is 14.6 Å². The van der Waals surface area contributed by atoms with Crippen LogP contribution >= 0.6 is 11.8 Å². The molecular weight excluding hydrogens is 462 g/mol. The number of benzene rings is 2. The van der Waals surface area contributed by atoms with Crippen LogP contribution in [0.15, 0.2) is 41.3 Å². The van der Waals surface area contributed by atoms with Crippen molar-refractivity contribution in [3.8, 4) is 17.6 Å². The molecule has 0 radical (unpaired) electrons. The van der Waals surface area contributed by atoms with Crippen LogP contribution in [0.5, 0.6) is 11.5 Å². The lowest BCUT2D eigenvalue weighted by atomic mass is 10.1. The molecule has 5 nitrogen and oxygen atoms in total. The molecule has 0 aliphatic rings. The highest BCUT2D eigenvalue weighted by Crippen LogP contribution is 2.33. The van der Waals surface area contributed by atoms with Gasteiger partial charge in [-0.15, -0.1) is 11.8 Å². The highest BCUT2D eigenvalue weighted by atomic mass is 32.2. The standard InChI is InChI=1S/C23H23F4NO4S/c1-14-10-17(5-7-20(14)32-22(2,3)21(29)30)33-13-15(8-9-28)12-31-16-4-6-18(19(24)11-16)23(25,26)27/h4-7,10-11,15H,8,12-13H2,1-3H3,(H,29,30). The maximum absolute atomic E-state index is 13.7. The van der Waals surface area contributed by atoms with Gasteiger partial charge in [0.05, 0.1) is 18.2 Å². The number of nitriles is 1. The van der Waals surface area contributed by atoms with Crippen LogP contribution in [0.4, 0.5) is 17.6 Å². The van der Waals surface area contributed by atoms with Crippen LogP contribution in [0.25, 0.3) is 0 Å². The van der Waals surface area contributed by atoms with Crippen molar-refractivity contribution in [3.05, 3.63) is 53.3 Å². The van der Waals surface area contributed by atoms with E-state index in [4.69, 9.17) is 14.7 Å². The molecule has 2 aromatic rings. The summed E-state index contributed by atoms with van der Waals surface area (Å²) < 4.78 is 62.7. The van der Waals surface area contributed by atoms with E-state index in [-0.39, 0.29) is 24.7 Å². The van der Waals surface area contributed by atoms with Crippen molar-refractivity contribution >= 4 is 17.7 Å². The third-order valence-corrected chi connectivity index (χ3v) is 5.85. The fourth-order valence-corrected chi connectivity index (χ4v) is 3.75. The van der Waals surface area contributed by atoms with E-state index in [1.807, 2.05) is 12.1 Å². The lowest BCUT2D eigenvalue weighted by molar-refractivity contribution is -0.152. The van der Waals surface area contributed by atoms with Gasteiger partial charge in [0, 0.05) is 29.1 Å². The van der Waals surface area contributed by atoms with Crippen LogP contribution in [0.2, 0.25) is 0 Å². The number of hydrogen-bond donors (Lipinski definition) is 1. The molecule has 0 fully saturated rings. The van der Waals surface area contributed by atoms with Crippen LogP contribution < -0.4 is 9.47 Å². The molecule has 1 unspecified atom stereocenters. The van der Waals surface area contributed by atoms with Crippen LogP contribution in [0, 0.1) is 30.0 Å². The largest absolute Gasteiger partial charge is 0.493 e. The molecule has 0 saturated heterocycles. The van der Waals surface area contributed by atoms with Gasteiger partial charge in [0.2, 0.25) is 0 Å². The highest BCUT2D eigenvalue weighted by molar-refractivity contribution is 7.99. The summed E-state index contributed by atoms with van der Waals surface area (Å²) in [4.78, 5) is 12.1. The topological polar surface area (TPSA) is 79.5 Å². The zero-order valence-electron chi connectivity index (χ0n) is 18.2. The van der Waals surface area contributed by atoms with Crippen LogP contribution in [0.1, 0.15) is 31.4 Å². The first-order chi connectivity index (χ1) is 15.3. The van der Waals surface area contributed by atoms with E-state index in [0.29, 0.717) is 23.6 Å². The minimum absolute atomic E-state index is 0.0261. The molecule has 1 N–H and O–H groups in total. The minimum atomic E-state index is -4.79. The molecule has 0 amide bonds. The lowest BCUT2D eigenvalue weighted by Crippen LogP contribution is -2.38. The number of hydrogen-bond acceptors (Lipinski definition) is 5. The second-order valence-corrected chi connectivity index (χ2v) is 8.93. The van der Waals surface area contributed by atoms with Gasteiger partial charge in [0.15, 0.2) is 5.60 Å². The van der Waals surface area contributed by atoms with Crippen molar-refractivity contribution in [1.29, 1.82) is 5.26 Å². The second-order valence-electron chi connectivity index (χ2n) is 7.83. The van der Waals surface area contributed by atoms with E-state index in [0.717, 1.165) is 16.5 Å². The highest BCUT2D eigenvalue weighted by Gasteiger charge is 2.34. The smallest absolute Gasteiger partial charge is 0.419 e. The Kier molecular flexibility index (Phi) is 8.61. The third kappa shape index (κ3) is 7.56. The average Bonchev–Trinajstić information content (AvgIpc) is 2.70. The van der Waals surface area contributed by atoms with Crippen LogP contribution in [0.3, 0.4) is 0 Å². The SMILES string of the molecule is Cc1cc(SCC(CC#N)COc2ccc(C(F)(F)F)c(F)c2)ccc1OC(C)(C)C(=O)O. The van der Waals surface area contributed by atoms with E-state index in [1.165, 1.54) is 25.6 Å². The first kappa shape index (κ1) is 26.3. The molecule has 0 bridgehead atoms. The summed E-state index contributed by atoms with van der Waals surface area (Å²) in [6.07, 6.45) is -4.65. The Bertz CT molecular complexity index is 1030. The van der Waals surface area contributed by atoms with Gasteiger partial charge >= 0.3 is 12.1 Å². The van der Waals surface area contributed by atoms with Crippen molar-refractivity contribution in [3.63, 3.8) is 0 Å². The summed E-state index contributed by atoms with van der Waals surface area (Å²) >= 11 is 1.43. The van der Waals surface area contributed by atoms with Crippen LogP contribution in [-0.2, 0) is 11.0 Å². The number of halogens is 4. The van der Waals surface area contributed by atoms with Gasteiger partial charge in [-0.2, -0.15) is 18.4 Å². The third-order valence-electron chi connectivity index (χ3n) is 4.62. The molecule has 178 valence electrons. The van der Waals surface area contributed by atoms with Gasteiger partial charge in [0.1, 0.15) is 17.3 Å². The first-order valence-corrected chi connectivity index (χ1v) is 10.8. The molecule has 0 aromatic heterocycles. The molecule has 0 aliphatic carbocycles. The van der Waals surface area contributed by atoms with E-state index >= 15 is 0 Å². The normalized spacial score (nSPS) is 12.7. The summed E-state index contributed by atoms with van der Waals surface area (Å²) in [5.74, 6) is -1.91. The summed E-state index contributed by atoms with van der Waals surface area (Å²) in [5, 5.41) is 18.3. The van der Waals surface area contributed by atoms with Gasteiger partial charge in [-0.3, -0.25) is 0 Å². The molecule has 33 heavy (non-hydrogen) atoms. The van der Waals surface area contributed by atoms with E-state index < -0.39 is 29.1 Å². The first-order valence-electron chi connectivity index (χ1n) is 9.86. The number of alkyl halides is 3. The van der Waals surface area contributed by atoms with Gasteiger partial charge in [-0.05, 0) is 56.7 Å². The molecule has 0 aliphatic heterocycles. The maximum Gasteiger partial charge on any atom is 0.419 e. The molecule has 2 aromatic carbocycles. The van der Waals surface area contributed by atoms with E-state index in [1.54, 1.807) is 19.1 Å². The number of thioether (sulfide) groups is 1. The predicted molar refractivity (Wildman–Crippen MR) is 115 cm³/mol. The molecule has 0 spiro atoms. The molecule has 0 heterocycles. The Balaban J connectivity index is 1.99. The fourth-order valence-electron chi connectivity index (χ4n) is 2.68. The molecule has 10 heteroatoms. The van der Waals surface area contributed by atoms with Crippen LogP contribution in [-0.4, -0.2) is 29.0 Å². The minimum Gasteiger partial charge on any atom is -0.493 e. The summed E-state index contributed by atoms with van der Waals surface area (Å²) in [5.41, 5.74) is -2.01. The molecular formula is C23H23F4NO4S. The van der Waals surface area contributed by atoms with Crippen molar-refractivity contribution in [2.24, 2.45) is 5.92 Å². The molecule has 2 rings (SSSR count). The Hall–Kier alpha value is -2.93. The number of aliphatic carboxylic acids is 1. The maximum atomic E-state index is 13.7. The van der Waals surface area contributed by atoms with Gasteiger partial charge in [0.25, 0.3) is 0 Å². The Morgan fingerprint density at radius 2 is 1.91 bits per heavy atom. The number of carboxylic acid groups (broad SMARTS) is 1. The second kappa shape index (κ2) is 10.8. The number of carbonyl (C=O) groups is 1. The van der Waals surface area contributed by atoms with E-state index in [2.05, 4.69) is 0 Å². The zero-order chi connectivity index (χ0) is 24.8. The number of rotatable bonds is 10. The quantitative estimate of drug-likeness (QED) is 0.324. The summed E-state index contributed by atoms with van der Waals surface area (Å²) in [6.45, 7) is 4.71. The van der Waals surface area contributed by atoms with Crippen molar-refractivity contribution in [1.82, 2.24) is 0 Å². The Morgan fingerprint density at radius 3 is 2.45 bits per heavy atom. The molecule has 1 atom stereocenters. The van der Waals surface area contributed by atoms with Crippen molar-refractivity contribution in [2.75, 3.05) is 12.4 Å². The summed E-state index contributed by atoms with van der Waals surface area (Å²) in [6, 6.07) is 9.65. The van der Waals surface area contributed by atoms with Gasteiger partial charge in [-0.1, -0.05) is 0 Å². The number of nitrogens with zero attached hydrogens (tertiary/aromatic N) is 1. The predicted octanol–water partition coefficient (Wildman–Crippen LogP) is 6.10. The average molecular weight is 485 g/mol. The monoisotopic (exact) mass is 485 g/mol. The van der Waals surface area contributed by atoms with Crippen molar-refractivity contribution < 1.29 is 36.9 Å². The van der Waals surface area contributed by atoms with E-state index in [9.17, 15) is 27.5 Å².